The summed E-state index contributed by atoms with van der Waals surface area (Å²) in [5.74, 6) is 0.114. The molecule has 0 radical (unpaired) electrons. The molecular formula is C18H23N5O2. The van der Waals surface area contributed by atoms with E-state index in [0.717, 1.165) is 18.7 Å². The lowest BCUT2D eigenvalue weighted by Gasteiger charge is -2.10. The second kappa shape index (κ2) is 8.89. The molecule has 0 saturated carbocycles. The molecule has 1 heterocycles. The van der Waals surface area contributed by atoms with Crippen LogP contribution in [0.5, 0.6) is 0 Å². The largest absolute Gasteiger partial charge is 0.351 e. The van der Waals surface area contributed by atoms with Crippen molar-refractivity contribution in [3.8, 4) is 0 Å². The molecule has 0 saturated heterocycles. The van der Waals surface area contributed by atoms with Crippen LogP contribution in [0.4, 0.5) is 11.6 Å². The first kappa shape index (κ1) is 18.5. The Kier molecular flexibility index (Phi) is 6.59. The van der Waals surface area contributed by atoms with E-state index >= 15 is 0 Å². The molecule has 2 rings (SSSR count). The quantitative estimate of drug-likeness (QED) is 0.565. The third kappa shape index (κ3) is 5.96. The molecule has 0 unspecified atom stereocenters. The van der Waals surface area contributed by atoms with Crippen molar-refractivity contribution in [2.24, 2.45) is 0 Å². The van der Waals surface area contributed by atoms with Gasteiger partial charge < -0.3 is 15.5 Å². The number of amides is 1. The SMILES string of the molecule is CC(=O)c1ccc(Nc2nccc(C(=O)NCCCN(C)C)n2)cc1. The van der Waals surface area contributed by atoms with Gasteiger partial charge in [0.15, 0.2) is 5.78 Å². The van der Waals surface area contributed by atoms with Crippen LogP contribution in [0.15, 0.2) is 36.5 Å². The fraction of sp³-hybridized carbons (Fsp3) is 0.333. The Bertz CT molecular complexity index is 729. The molecule has 1 aromatic carbocycles. The van der Waals surface area contributed by atoms with Crippen molar-refractivity contribution in [1.29, 1.82) is 0 Å². The number of hydrogen-bond acceptors (Lipinski definition) is 6. The Balaban J connectivity index is 1.96. The van der Waals surface area contributed by atoms with E-state index < -0.39 is 0 Å². The fourth-order valence-electron chi connectivity index (χ4n) is 2.15. The molecule has 0 aliphatic heterocycles. The maximum Gasteiger partial charge on any atom is 0.270 e. The van der Waals surface area contributed by atoms with Gasteiger partial charge in [-0.25, -0.2) is 9.97 Å². The summed E-state index contributed by atoms with van der Waals surface area (Å²) in [6, 6.07) is 8.57. The Morgan fingerprint density at radius 3 is 2.48 bits per heavy atom. The predicted octanol–water partition coefficient (Wildman–Crippen LogP) is 2.10. The van der Waals surface area contributed by atoms with Crippen LogP contribution in [0.3, 0.4) is 0 Å². The maximum absolute atomic E-state index is 12.1. The molecular weight excluding hydrogens is 318 g/mol. The number of carbonyl (C=O) groups is 2. The molecule has 0 fully saturated rings. The summed E-state index contributed by atoms with van der Waals surface area (Å²) in [7, 11) is 3.99. The average Bonchev–Trinajstić information content (AvgIpc) is 2.59. The van der Waals surface area contributed by atoms with Gasteiger partial charge in [-0.1, -0.05) is 0 Å². The van der Waals surface area contributed by atoms with E-state index in [1.165, 1.54) is 13.1 Å². The molecule has 1 amide bonds. The van der Waals surface area contributed by atoms with E-state index in [9.17, 15) is 9.59 Å². The van der Waals surface area contributed by atoms with Gasteiger partial charge in [0, 0.05) is 24.0 Å². The van der Waals surface area contributed by atoms with Crippen molar-refractivity contribution < 1.29 is 9.59 Å². The lowest BCUT2D eigenvalue weighted by molar-refractivity contribution is 0.0946. The van der Waals surface area contributed by atoms with Crippen LogP contribution in [0.2, 0.25) is 0 Å². The number of ketones is 1. The van der Waals surface area contributed by atoms with Gasteiger partial charge in [0.2, 0.25) is 5.95 Å². The number of aromatic nitrogens is 2. The molecule has 2 aromatic rings. The molecule has 2 N–H and O–H groups in total. The van der Waals surface area contributed by atoms with Gasteiger partial charge in [-0.2, -0.15) is 0 Å². The van der Waals surface area contributed by atoms with Crippen LogP contribution < -0.4 is 10.6 Å². The standard InChI is InChI=1S/C18H23N5O2/c1-13(24)14-5-7-15(8-6-14)21-18-20-11-9-16(22-18)17(25)19-10-4-12-23(2)3/h5-9,11H,4,10,12H2,1-3H3,(H,19,25)(H,20,21,22). The van der Waals surface area contributed by atoms with Crippen molar-refractivity contribution in [3.63, 3.8) is 0 Å². The Hall–Kier alpha value is -2.80. The highest BCUT2D eigenvalue weighted by Gasteiger charge is 2.08. The number of nitrogens with one attached hydrogen (secondary N) is 2. The van der Waals surface area contributed by atoms with Gasteiger partial charge in [0.05, 0.1) is 0 Å². The summed E-state index contributed by atoms with van der Waals surface area (Å²) in [5, 5.41) is 5.87. The van der Waals surface area contributed by atoms with Crippen LogP contribution in [0.1, 0.15) is 34.2 Å². The highest BCUT2D eigenvalue weighted by atomic mass is 16.1. The van der Waals surface area contributed by atoms with Gasteiger partial charge in [-0.3, -0.25) is 9.59 Å². The summed E-state index contributed by atoms with van der Waals surface area (Å²) in [5.41, 5.74) is 1.69. The molecule has 132 valence electrons. The van der Waals surface area contributed by atoms with Crippen LogP contribution in [-0.2, 0) is 0 Å². The van der Waals surface area contributed by atoms with Gasteiger partial charge in [0.25, 0.3) is 5.91 Å². The lowest BCUT2D eigenvalue weighted by Crippen LogP contribution is -2.28. The zero-order valence-electron chi connectivity index (χ0n) is 14.7. The molecule has 0 aliphatic rings. The van der Waals surface area contributed by atoms with Crippen molar-refractivity contribution in [2.45, 2.75) is 13.3 Å². The summed E-state index contributed by atoms with van der Waals surface area (Å²) < 4.78 is 0. The van der Waals surface area contributed by atoms with E-state index in [-0.39, 0.29) is 11.7 Å². The van der Waals surface area contributed by atoms with Crippen LogP contribution in [0.25, 0.3) is 0 Å². The molecule has 1 aromatic heterocycles. The van der Waals surface area contributed by atoms with Gasteiger partial charge >= 0.3 is 0 Å². The molecule has 25 heavy (non-hydrogen) atoms. The minimum atomic E-state index is -0.226. The first-order valence-corrected chi connectivity index (χ1v) is 8.09. The van der Waals surface area contributed by atoms with E-state index in [1.807, 2.05) is 14.1 Å². The van der Waals surface area contributed by atoms with Crippen molar-refractivity contribution in [3.05, 3.63) is 47.8 Å². The first-order chi connectivity index (χ1) is 12.0. The van der Waals surface area contributed by atoms with Gasteiger partial charge in [-0.05, 0) is 64.3 Å². The number of rotatable bonds is 8. The third-order valence-electron chi connectivity index (χ3n) is 3.50. The predicted molar refractivity (Wildman–Crippen MR) is 97.3 cm³/mol. The fourth-order valence-corrected chi connectivity index (χ4v) is 2.15. The number of hydrogen-bond donors (Lipinski definition) is 2. The zero-order chi connectivity index (χ0) is 18.2. The van der Waals surface area contributed by atoms with Crippen LogP contribution in [-0.4, -0.2) is 53.7 Å². The van der Waals surface area contributed by atoms with E-state index in [4.69, 9.17) is 0 Å². The number of benzene rings is 1. The third-order valence-corrected chi connectivity index (χ3v) is 3.50. The zero-order valence-corrected chi connectivity index (χ0v) is 14.7. The minimum absolute atomic E-state index is 0.00994. The summed E-state index contributed by atoms with van der Waals surface area (Å²) in [6.45, 7) is 3.02. The van der Waals surface area contributed by atoms with Gasteiger partial charge in [-0.15, -0.1) is 0 Å². The van der Waals surface area contributed by atoms with E-state index in [0.29, 0.717) is 23.8 Å². The second-order valence-electron chi connectivity index (χ2n) is 5.94. The molecule has 0 aliphatic carbocycles. The molecule has 0 bridgehead atoms. The summed E-state index contributed by atoms with van der Waals surface area (Å²) >= 11 is 0. The summed E-state index contributed by atoms with van der Waals surface area (Å²) in [6.07, 6.45) is 2.41. The number of nitrogens with zero attached hydrogens (tertiary/aromatic N) is 3. The number of carbonyl (C=O) groups excluding carboxylic acids is 2. The molecule has 7 nitrogen and oxygen atoms in total. The van der Waals surface area contributed by atoms with Crippen molar-refractivity contribution in [1.82, 2.24) is 20.2 Å². The molecule has 7 heteroatoms. The van der Waals surface area contributed by atoms with E-state index in [2.05, 4.69) is 25.5 Å². The number of Topliss-reactive ketones (excluding diaryl/α,β-unsaturated/α-hetero) is 1. The van der Waals surface area contributed by atoms with Gasteiger partial charge in [0.1, 0.15) is 5.69 Å². The smallest absolute Gasteiger partial charge is 0.270 e. The topological polar surface area (TPSA) is 87.2 Å². The Morgan fingerprint density at radius 1 is 1.12 bits per heavy atom. The Labute approximate surface area is 147 Å². The van der Waals surface area contributed by atoms with Crippen LogP contribution in [0, 0.1) is 0 Å². The highest BCUT2D eigenvalue weighted by molar-refractivity contribution is 5.94. The molecule has 0 atom stereocenters. The minimum Gasteiger partial charge on any atom is -0.351 e. The average molecular weight is 341 g/mol. The first-order valence-electron chi connectivity index (χ1n) is 8.09. The van der Waals surface area contributed by atoms with E-state index in [1.54, 1.807) is 30.3 Å². The maximum atomic E-state index is 12.1. The van der Waals surface area contributed by atoms with Crippen molar-refractivity contribution in [2.75, 3.05) is 32.5 Å². The van der Waals surface area contributed by atoms with Crippen molar-refractivity contribution >= 4 is 23.3 Å². The highest BCUT2D eigenvalue weighted by Crippen LogP contribution is 2.14. The normalized spacial score (nSPS) is 10.6. The molecule has 0 spiro atoms. The lowest BCUT2D eigenvalue weighted by atomic mass is 10.1. The monoisotopic (exact) mass is 341 g/mol. The second-order valence-corrected chi connectivity index (χ2v) is 5.94. The number of anilines is 2. The Morgan fingerprint density at radius 2 is 1.84 bits per heavy atom. The van der Waals surface area contributed by atoms with Crippen LogP contribution >= 0.6 is 0 Å². The summed E-state index contributed by atoms with van der Waals surface area (Å²) in [4.78, 5) is 33.8.